The zero-order valence-corrected chi connectivity index (χ0v) is 16.9. The van der Waals surface area contributed by atoms with Crippen molar-refractivity contribution in [2.45, 2.75) is 44.6 Å². The molecule has 6 nitrogen and oxygen atoms in total. The average Bonchev–Trinajstić information content (AvgIpc) is 2.67. The first-order valence-electron chi connectivity index (χ1n) is 8.94. The molecule has 0 radical (unpaired) electrons. The molecule has 0 bridgehead atoms. The predicted octanol–water partition coefficient (Wildman–Crippen LogP) is 3.13. The summed E-state index contributed by atoms with van der Waals surface area (Å²) in [5.74, 6) is 0.171. The number of para-hydroxylation sites is 1. The van der Waals surface area contributed by atoms with Crippen LogP contribution in [0.3, 0.4) is 0 Å². The second kappa shape index (κ2) is 8.90. The molecule has 146 valence electrons. The lowest BCUT2D eigenvalue weighted by Crippen LogP contribution is -2.33. The van der Waals surface area contributed by atoms with Crippen LogP contribution >= 0.6 is 0 Å². The molecule has 0 aliphatic rings. The van der Waals surface area contributed by atoms with Crippen LogP contribution in [0.1, 0.15) is 31.9 Å². The first-order chi connectivity index (χ1) is 12.8. The third-order valence-electron chi connectivity index (χ3n) is 4.30. The summed E-state index contributed by atoms with van der Waals surface area (Å²) in [6.07, 6.45) is 0.797. The van der Waals surface area contributed by atoms with Gasteiger partial charge in [0.15, 0.2) is 6.10 Å². The smallest absolute Gasteiger partial charge is 0.261 e. The van der Waals surface area contributed by atoms with E-state index in [0.717, 1.165) is 24.0 Å². The van der Waals surface area contributed by atoms with Crippen molar-refractivity contribution >= 4 is 21.6 Å². The van der Waals surface area contributed by atoms with E-state index in [1.165, 1.54) is 19.2 Å². The number of hydrogen-bond donors (Lipinski definition) is 2. The summed E-state index contributed by atoms with van der Waals surface area (Å²) < 4.78 is 33.8. The number of aryl methyl sites for hydroxylation is 2. The molecule has 2 N–H and O–H groups in total. The van der Waals surface area contributed by atoms with Crippen LogP contribution in [-0.2, 0) is 27.7 Å². The number of nitrogens with one attached hydrogen (secondary N) is 2. The molecule has 1 atom stereocenters. The van der Waals surface area contributed by atoms with Crippen molar-refractivity contribution in [1.82, 2.24) is 5.32 Å². The summed E-state index contributed by atoms with van der Waals surface area (Å²) in [6.45, 7) is 5.61. The molecule has 0 unspecified atom stereocenters. The Bertz CT molecular complexity index is 870. The Morgan fingerprint density at radius 3 is 2.07 bits per heavy atom. The Balaban J connectivity index is 2.24. The van der Waals surface area contributed by atoms with Crippen molar-refractivity contribution in [3.63, 3.8) is 0 Å². The Labute approximate surface area is 161 Å². The highest BCUT2D eigenvalue weighted by molar-refractivity contribution is 7.92. The quantitative estimate of drug-likeness (QED) is 0.725. The molecule has 2 aromatic rings. The van der Waals surface area contributed by atoms with E-state index >= 15 is 0 Å². The normalized spacial score (nSPS) is 12.3. The monoisotopic (exact) mass is 390 g/mol. The minimum atomic E-state index is -3.73. The lowest BCUT2D eigenvalue weighted by Gasteiger charge is -2.16. The summed E-state index contributed by atoms with van der Waals surface area (Å²) >= 11 is 0. The fraction of sp³-hybridized carbons (Fsp3) is 0.350. The summed E-state index contributed by atoms with van der Waals surface area (Å²) in [7, 11) is -2.20. The number of benzene rings is 2. The molecule has 0 spiro atoms. The molecule has 0 aliphatic carbocycles. The number of rotatable bonds is 8. The molecule has 1 amide bonds. The van der Waals surface area contributed by atoms with Gasteiger partial charge in [-0.15, -0.1) is 0 Å². The molecule has 0 aliphatic heterocycles. The third-order valence-corrected chi connectivity index (χ3v) is 5.66. The van der Waals surface area contributed by atoms with Gasteiger partial charge in [-0.3, -0.25) is 9.52 Å². The van der Waals surface area contributed by atoms with Gasteiger partial charge < -0.3 is 10.1 Å². The highest BCUT2D eigenvalue weighted by Crippen LogP contribution is 2.26. The number of carbonyl (C=O) groups excluding carboxylic acids is 1. The van der Waals surface area contributed by atoms with Gasteiger partial charge in [-0.25, -0.2) is 8.42 Å². The van der Waals surface area contributed by atoms with Crippen LogP contribution in [0.4, 0.5) is 5.69 Å². The van der Waals surface area contributed by atoms with Crippen LogP contribution in [-0.4, -0.2) is 27.5 Å². The van der Waals surface area contributed by atoms with E-state index in [9.17, 15) is 13.2 Å². The zero-order chi connectivity index (χ0) is 20.0. The summed E-state index contributed by atoms with van der Waals surface area (Å²) in [6, 6.07) is 11.8. The van der Waals surface area contributed by atoms with Crippen LogP contribution in [0.2, 0.25) is 0 Å². The van der Waals surface area contributed by atoms with Crippen molar-refractivity contribution in [2.24, 2.45) is 0 Å². The van der Waals surface area contributed by atoms with E-state index in [4.69, 9.17) is 4.74 Å². The van der Waals surface area contributed by atoms with Crippen molar-refractivity contribution in [2.75, 3.05) is 11.8 Å². The number of likely N-dealkylation sites (N-methyl/N-ethyl adjacent to an activating group) is 1. The van der Waals surface area contributed by atoms with Crippen LogP contribution in [0.25, 0.3) is 0 Å². The second-order valence-corrected chi connectivity index (χ2v) is 7.79. The van der Waals surface area contributed by atoms with E-state index in [1.54, 1.807) is 19.1 Å². The number of sulfonamides is 1. The predicted molar refractivity (Wildman–Crippen MR) is 107 cm³/mol. The maximum absolute atomic E-state index is 12.8. The summed E-state index contributed by atoms with van der Waals surface area (Å²) in [4.78, 5) is 11.7. The number of carbonyl (C=O) groups is 1. The van der Waals surface area contributed by atoms with Gasteiger partial charge in [0, 0.05) is 7.05 Å². The molecule has 0 aromatic heterocycles. The fourth-order valence-corrected chi connectivity index (χ4v) is 3.87. The largest absolute Gasteiger partial charge is 0.481 e. The van der Waals surface area contributed by atoms with E-state index in [0.29, 0.717) is 11.4 Å². The van der Waals surface area contributed by atoms with E-state index < -0.39 is 16.1 Å². The van der Waals surface area contributed by atoms with Crippen LogP contribution in [0.15, 0.2) is 47.4 Å². The molecular weight excluding hydrogens is 364 g/mol. The van der Waals surface area contributed by atoms with Crippen molar-refractivity contribution in [1.29, 1.82) is 0 Å². The first-order valence-corrected chi connectivity index (χ1v) is 10.4. The van der Waals surface area contributed by atoms with E-state index in [2.05, 4.69) is 10.0 Å². The maximum atomic E-state index is 12.8. The number of amides is 1. The van der Waals surface area contributed by atoms with Gasteiger partial charge in [0.25, 0.3) is 15.9 Å². The molecule has 7 heteroatoms. The van der Waals surface area contributed by atoms with Crippen LogP contribution < -0.4 is 14.8 Å². The second-order valence-electron chi connectivity index (χ2n) is 6.11. The molecule has 0 fully saturated rings. The standard InChI is InChI=1S/C20H26N2O4S/c1-5-15-8-7-9-16(6-2)19(15)22-27(24,25)18-12-10-17(11-13-18)26-14(3)20(23)21-4/h7-14,22H,5-6H2,1-4H3,(H,21,23)/t14-/m1/s1. The minimum absolute atomic E-state index is 0.135. The molecule has 2 rings (SSSR count). The van der Waals surface area contributed by atoms with Gasteiger partial charge in [0.1, 0.15) is 5.75 Å². The van der Waals surface area contributed by atoms with Gasteiger partial charge in [-0.05, 0) is 55.2 Å². The highest BCUT2D eigenvalue weighted by Gasteiger charge is 2.18. The molecule has 27 heavy (non-hydrogen) atoms. The Hall–Kier alpha value is -2.54. The van der Waals surface area contributed by atoms with Crippen molar-refractivity contribution in [3.05, 3.63) is 53.6 Å². The number of hydrogen-bond acceptors (Lipinski definition) is 4. The fourth-order valence-electron chi connectivity index (χ4n) is 2.73. The Morgan fingerprint density at radius 2 is 1.59 bits per heavy atom. The Morgan fingerprint density at radius 1 is 1.04 bits per heavy atom. The van der Waals surface area contributed by atoms with Gasteiger partial charge in [-0.1, -0.05) is 32.0 Å². The Kier molecular flexibility index (Phi) is 6.85. The molecular formula is C20H26N2O4S. The first kappa shape index (κ1) is 20.8. The molecule has 0 saturated carbocycles. The van der Waals surface area contributed by atoms with Crippen LogP contribution in [0.5, 0.6) is 5.75 Å². The van der Waals surface area contributed by atoms with Gasteiger partial charge >= 0.3 is 0 Å². The van der Waals surface area contributed by atoms with Crippen LogP contribution in [0, 0.1) is 0 Å². The summed E-state index contributed by atoms with van der Waals surface area (Å²) in [5.41, 5.74) is 2.56. The van der Waals surface area contributed by atoms with Gasteiger partial charge in [-0.2, -0.15) is 0 Å². The molecule has 2 aromatic carbocycles. The highest BCUT2D eigenvalue weighted by atomic mass is 32.2. The number of ether oxygens (including phenoxy) is 1. The zero-order valence-electron chi connectivity index (χ0n) is 16.1. The average molecular weight is 391 g/mol. The lowest BCUT2D eigenvalue weighted by atomic mass is 10.0. The lowest BCUT2D eigenvalue weighted by molar-refractivity contribution is -0.126. The van der Waals surface area contributed by atoms with E-state index in [1.807, 2.05) is 32.0 Å². The van der Waals surface area contributed by atoms with Gasteiger partial charge in [0.2, 0.25) is 0 Å². The van der Waals surface area contributed by atoms with Crippen molar-refractivity contribution in [3.8, 4) is 5.75 Å². The number of anilines is 1. The molecule has 0 saturated heterocycles. The third kappa shape index (κ3) is 5.01. The molecule has 0 heterocycles. The minimum Gasteiger partial charge on any atom is -0.481 e. The summed E-state index contributed by atoms with van der Waals surface area (Å²) in [5, 5.41) is 2.50. The maximum Gasteiger partial charge on any atom is 0.261 e. The van der Waals surface area contributed by atoms with Crippen molar-refractivity contribution < 1.29 is 17.9 Å². The van der Waals surface area contributed by atoms with E-state index in [-0.39, 0.29) is 10.8 Å². The topological polar surface area (TPSA) is 84.5 Å². The van der Waals surface area contributed by atoms with Gasteiger partial charge in [0.05, 0.1) is 10.6 Å². The SMILES string of the molecule is CCc1cccc(CC)c1NS(=O)(=O)c1ccc(O[C@H](C)C(=O)NC)cc1.